The average Bonchev–Trinajstić information content (AvgIpc) is 2.98. The molecule has 0 saturated heterocycles. The van der Waals surface area contributed by atoms with E-state index in [1.54, 1.807) is 12.1 Å². The number of aryl methyl sites for hydroxylation is 1. The van der Waals surface area contributed by atoms with E-state index in [9.17, 15) is 13.2 Å². The third-order valence-corrected chi connectivity index (χ3v) is 5.53. The summed E-state index contributed by atoms with van der Waals surface area (Å²) in [4.78, 5) is 12.0. The van der Waals surface area contributed by atoms with E-state index in [2.05, 4.69) is 20.2 Å². The molecule has 2 rings (SSSR count). The number of aromatic nitrogens is 2. The SMILES string of the molecule is CNS(=O)(=O)c1ccc(CCC(=O)NCCc2nnc(N)s2)cc1. The molecule has 130 valence electrons. The number of anilines is 1. The number of hydrogen-bond acceptors (Lipinski definition) is 7. The number of nitrogens with zero attached hydrogens (tertiary/aromatic N) is 2. The first-order chi connectivity index (χ1) is 11.4. The largest absolute Gasteiger partial charge is 0.374 e. The molecule has 0 atom stereocenters. The Morgan fingerprint density at radius 1 is 1.21 bits per heavy atom. The van der Waals surface area contributed by atoms with Crippen molar-refractivity contribution in [2.45, 2.75) is 24.2 Å². The Hall–Kier alpha value is -2.04. The van der Waals surface area contributed by atoms with E-state index in [0.29, 0.717) is 30.9 Å². The zero-order valence-corrected chi connectivity index (χ0v) is 14.8. The van der Waals surface area contributed by atoms with Gasteiger partial charge < -0.3 is 11.1 Å². The van der Waals surface area contributed by atoms with Crippen molar-refractivity contribution in [3.63, 3.8) is 0 Å². The molecule has 0 spiro atoms. The Bertz CT molecular complexity index is 787. The lowest BCUT2D eigenvalue weighted by Gasteiger charge is -2.06. The number of benzene rings is 1. The number of rotatable bonds is 8. The number of carbonyl (C=O) groups is 1. The molecule has 0 fully saturated rings. The van der Waals surface area contributed by atoms with Crippen LogP contribution in [0.25, 0.3) is 0 Å². The van der Waals surface area contributed by atoms with Crippen molar-refractivity contribution in [1.82, 2.24) is 20.2 Å². The maximum atomic E-state index is 11.8. The molecule has 0 radical (unpaired) electrons. The number of nitrogens with two attached hydrogens (primary N) is 1. The predicted octanol–water partition coefficient (Wildman–Crippen LogP) is 0.320. The van der Waals surface area contributed by atoms with Gasteiger partial charge in [0.25, 0.3) is 0 Å². The van der Waals surface area contributed by atoms with Gasteiger partial charge in [-0.05, 0) is 31.2 Å². The minimum absolute atomic E-state index is 0.0700. The maximum Gasteiger partial charge on any atom is 0.240 e. The Morgan fingerprint density at radius 2 is 1.92 bits per heavy atom. The van der Waals surface area contributed by atoms with E-state index in [-0.39, 0.29) is 10.8 Å². The molecule has 1 heterocycles. The Morgan fingerprint density at radius 3 is 2.50 bits per heavy atom. The van der Waals surface area contributed by atoms with Gasteiger partial charge in [0.1, 0.15) is 5.01 Å². The normalized spacial score (nSPS) is 11.4. The summed E-state index contributed by atoms with van der Waals surface area (Å²) in [5.74, 6) is -0.0700. The van der Waals surface area contributed by atoms with Crippen LogP contribution in [0.2, 0.25) is 0 Å². The summed E-state index contributed by atoms with van der Waals surface area (Å²) in [5.41, 5.74) is 6.38. The lowest BCUT2D eigenvalue weighted by molar-refractivity contribution is -0.121. The Kier molecular flexibility index (Phi) is 6.23. The van der Waals surface area contributed by atoms with Crippen molar-refractivity contribution < 1.29 is 13.2 Å². The zero-order valence-electron chi connectivity index (χ0n) is 13.2. The van der Waals surface area contributed by atoms with E-state index in [1.807, 2.05) is 0 Å². The second kappa shape index (κ2) is 8.18. The van der Waals surface area contributed by atoms with Crippen LogP contribution in [0, 0.1) is 0 Å². The Balaban J connectivity index is 1.75. The molecule has 1 aromatic carbocycles. The molecule has 8 nitrogen and oxygen atoms in total. The molecule has 1 aromatic heterocycles. The highest BCUT2D eigenvalue weighted by molar-refractivity contribution is 7.89. The van der Waals surface area contributed by atoms with Crippen LogP contribution in [0.5, 0.6) is 0 Å². The highest BCUT2D eigenvalue weighted by Gasteiger charge is 2.10. The van der Waals surface area contributed by atoms with Crippen molar-refractivity contribution >= 4 is 32.4 Å². The van der Waals surface area contributed by atoms with Crippen LogP contribution in [0.3, 0.4) is 0 Å². The highest BCUT2D eigenvalue weighted by Crippen LogP contribution is 2.12. The summed E-state index contributed by atoms with van der Waals surface area (Å²) < 4.78 is 25.5. The van der Waals surface area contributed by atoms with Crippen LogP contribution in [0.1, 0.15) is 17.0 Å². The van der Waals surface area contributed by atoms with Crippen molar-refractivity contribution in [1.29, 1.82) is 0 Å². The quantitative estimate of drug-likeness (QED) is 0.615. The number of nitrogens with one attached hydrogen (secondary N) is 2. The number of sulfonamides is 1. The fraction of sp³-hybridized carbons (Fsp3) is 0.357. The van der Waals surface area contributed by atoms with Crippen LogP contribution in [-0.2, 0) is 27.7 Å². The zero-order chi connectivity index (χ0) is 17.6. The average molecular weight is 369 g/mol. The molecular formula is C14H19N5O3S2. The molecular weight excluding hydrogens is 350 g/mol. The number of amides is 1. The van der Waals surface area contributed by atoms with Crippen LogP contribution >= 0.6 is 11.3 Å². The molecule has 0 aliphatic carbocycles. The van der Waals surface area contributed by atoms with Gasteiger partial charge in [0.05, 0.1) is 4.90 Å². The molecule has 0 aliphatic heterocycles. The van der Waals surface area contributed by atoms with E-state index >= 15 is 0 Å². The minimum atomic E-state index is -3.43. The topological polar surface area (TPSA) is 127 Å². The molecule has 0 aliphatic rings. The third kappa shape index (κ3) is 5.25. The molecule has 0 bridgehead atoms. The lowest BCUT2D eigenvalue weighted by Crippen LogP contribution is -2.25. The lowest BCUT2D eigenvalue weighted by atomic mass is 10.1. The number of carbonyl (C=O) groups excluding carboxylic acids is 1. The smallest absolute Gasteiger partial charge is 0.240 e. The van der Waals surface area contributed by atoms with Gasteiger partial charge in [0.2, 0.25) is 21.1 Å². The fourth-order valence-corrected chi connectivity index (χ4v) is 3.31. The van der Waals surface area contributed by atoms with Gasteiger partial charge in [-0.15, -0.1) is 10.2 Å². The van der Waals surface area contributed by atoms with Crippen LogP contribution in [0.15, 0.2) is 29.2 Å². The van der Waals surface area contributed by atoms with Crippen LogP contribution in [0.4, 0.5) is 5.13 Å². The van der Waals surface area contributed by atoms with E-state index in [4.69, 9.17) is 5.73 Å². The summed E-state index contributed by atoms with van der Waals surface area (Å²) in [6.07, 6.45) is 1.46. The first kappa shape index (κ1) is 18.3. The maximum absolute atomic E-state index is 11.8. The van der Waals surface area contributed by atoms with Gasteiger partial charge in [-0.2, -0.15) is 0 Å². The minimum Gasteiger partial charge on any atom is -0.374 e. The summed E-state index contributed by atoms with van der Waals surface area (Å²) in [7, 11) is -2.07. The summed E-state index contributed by atoms with van der Waals surface area (Å²) >= 11 is 1.30. The van der Waals surface area contributed by atoms with Gasteiger partial charge in [0, 0.05) is 19.4 Å². The van der Waals surface area contributed by atoms with Gasteiger partial charge >= 0.3 is 0 Å². The monoisotopic (exact) mass is 369 g/mol. The van der Waals surface area contributed by atoms with Gasteiger partial charge in [-0.25, -0.2) is 13.1 Å². The van der Waals surface area contributed by atoms with Gasteiger partial charge in [-0.3, -0.25) is 4.79 Å². The molecule has 10 heteroatoms. The fourth-order valence-electron chi connectivity index (χ4n) is 1.98. The molecule has 0 saturated carbocycles. The van der Waals surface area contributed by atoms with Crippen molar-refractivity contribution in [3.05, 3.63) is 34.8 Å². The van der Waals surface area contributed by atoms with Crippen molar-refractivity contribution in [2.75, 3.05) is 19.3 Å². The van der Waals surface area contributed by atoms with Gasteiger partial charge in [-0.1, -0.05) is 23.5 Å². The van der Waals surface area contributed by atoms with Crippen LogP contribution in [-0.4, -0.2) is 38.1 Å². The van der Waals surface area contributed by atoms with Crippen LogP contribution < -0.4 is 15.8 Å². The highest BCUT2D eigenvalue weighted by atomic mass is 32.2. The van der Waals surface area contributed by atoms with Crippen molar-refractivity contribution in [3.8, 4) is 0 Å². The second-order valence-electron chi connectivity index (χ2n) is 4.99. The van der Waals surface area contributed by atoms with E-state index < -0.39 is 10.0 Å². The first-order valence-electron chi connectivity index (χ1n) is 7.28. The summed E-state index contributed by atoms with van der Waals surface area (Å²) in [5, 5.41) is 11.6. The number of nitrogen functional groups attached to an aromatic ring is 1. The van der Waals surface area contributed by atoms with E-state index in [1.165, 1.54) is 30.5 Å². The molecule has 24 heavy (non-hydrogen) atoms. The van der Waals surface area contributed by atoms with E-state index in [0.717, 1.165) is 10.6 Å². The molecule has 0 unspecified atom stereocenters. The predicted molar refractivity (Wildman–Crippen MR) is 92.0 cm³/mol. The standard InChI is InChI=1S/C14H19N5O3S2/c1-16-24(21,22)11-5-2-10(3-6-11)4-7-12(20)17-9-8-13-18-19-14(15)23-13/h2-3,5-6,16H,4,7-9H2,1H3,(H2,15,19)(H,17,20). The molecule has 2 aromatic rings. The second-order valence-corrected chi connectivity index (χ2v) is 7.97. The molecule has 1 amide bonds. The summed E-state index contributed by atoms with van der Waals surface area (Å²) in [6, 6.07) is 6.47. The number of hydrogen-bond donors (Lipinski definition) is 3. The first-order valence-corrected chi connectivity index (χ1v) is 9.58. The molecule has 4 N–H and O–H groups in total. The van der Waals surface area contributed by atoms with Gasteiger partial charge in [0.15, 0.2) is 0 Å². The summed E-state index contributed by atoms with van der Waals surface area (Å²) in [6.45, 7) is 0.479. The third-order valence-electron chi connectivity index (χ3n) is 3.29. The Labute approximate surface area is 144 Å². The van der Waals surface area contributed by atoms with Crippen molar-refractivity contribution in [2.24, 2.45) is 0 Å².